The number of anilines is 1. The van der Waals surface area contributed by atoms with Gasteiger partial charge in [-0.05, 0) is 33.0 Å². The second-order valence-corrected chi connectivity index (χ2v) is 4.08. The third-order valence-electron chi connectivity index (χ3n) is 2.70. The molecule has 0 aromatic carbocycles. The standard InChI is InChI=1S/C12H22N4O2/c1-4-16(5-2)8-6-7-13-12(17)14-11-9-10(3)18-15-11/h9H,4-8H2,1-3H3,(H2,13,14,15,17). The fraction of sp³-hybridized carbons (Fsp3) is 0.667. The van der Waals surface area contributed by atoms with E-state index in [2.05, 4.69) is 34.5 Å². The first kappa shape index (κ1) is 14.5. The summed E-state index contributed by atoms with van der Waals surface area (Å²) in [5, 5.41) is 9.08. The molecule has 1 rings (SSSR count). The molecule has 18 heavy (non-hydrogen) atoms. The van der Waals surface area contributed by atoms with E-state index in [-0.39, 0.29) is 6.03 Å². The summed E-state index contributed by atoms with van der Waals surface area (Å²) < 4.78 is 4.85. The molecule has 0 unspecified atom stereocenters. The molecule has 0 radical (unpaired) electrons. The van der Waals surface area contributed by atoms with Gasteiger partial charge in [-0.3, -0.25) is 5.32 Å². The van der Waals surface area contributed by atoms with E-state index >= 15 is 0 Å². The van der Waals surface area contributed by atoms with Gasteiger partial charge < -0.3 is 14.7 Å². The van der Waals surface area contributed by atoms with Gasteiger partial charge in [-0.15, -0.1) is 0 Å². The zero-order valence-corrected chi connectivity index (χ0v) is 11.3. The van der Waals surface area contributed by atoms with Crippen molar-refractivity contribution in [2.24, 2.45) is 0 Å². The van der Waals surface area contributed by atoms with Gasteiger partial charge in [-0.25, -0.2) is 4.79 Å². The maximum atomic E-state index is 11.5. The summed E-state index contributed by atoms with van der Waals surface area (Å²) in [6, 6.07) is 1.43. The van der Waals surface area contributed by atoms with E-state index in [4.69, 9.17) is 4.52 Å². The van der Waals surface area contributed by atoms with E-state index in [1.165, 1.54) is 0 Å². The van der Waals surface area contributed by atoms with Crippen LogP contribution in [0.2, 0.25) is 0 Å². The number of urea groups is 1. The third kappa shape index (κ3) is 5.18. The minimum atomic E-state index is -0.247. The predicted octanol–water partition coefficient (Wildman–Crippen LogP) is 1.84. The molecule has 2 amide bonds. The Labute approximate surface area is 108 Å². The molecule has 1 heterocycles. The summed E-state index contributed by atoms with van der Waals surface area (Å²) in [6.07, 6.45) is 0.937. The average Bonchev–Trinajstić information content (AvgIpc) is 2.75. The van der Waals surface area contributed by atoms with Crippen LogP contribution >= 0.6 is 0 Å². The van der Waals surface area contributed by atoms with Crippen LogP contribution in [-0.4, -0.2) is 42.3 Å². The Hall–Kier alpha value is -1.56. The van der Waals surface area contributed by atoms with E-state index in [1.54, 1.807) is 13.0 Å². The molecule has 0 aliphatic carbocycles. The fourth-order valence-electron chi connectivity index (χ4n) is 1.63. The van der Waals surface area contributed by atoms with Crippen LogP contribution in [-0.2, 0) is 0 Å². The Bertz CT molecular complexity index is 361. The van der Waals surface area contributed by atoms with Crippen molar-refractivity contribution in [3.05, 3.63) is 11.8 Å². The quantitative estimate of drug-likeness (QED) is 0.728. The molecule has 0 aliphatic rings. The summed E-state index contributed by atoms with van der Waals surface area (Å²) in [7, 11) is 0. The normalized spacial score (nSPS) is 10.7. The summed E-state index contributed by atoms with van der Waals surface area (Å²) in [6.45, 7) is 9.78. The molecule has 0 atom stereocenters. The molecule has 6 heteroatoms. The maximum Gasteiger partial charge on any atom is 0.320 e. The van der Waals surface area contributed by atoms with Crippen LogP contribution in [0.4, 0.5) is 10.6 Å². The molecule has 0 spiro atoms. The highest BCUT2D eigenvalue weighted by atomic mass is 16.5. The van der Waals surface area contributed by atoms with Crippen molar-refractivity contribution in [2.45, 2.75) is 27.2 Å². The van der Waals surface area contributed by atoms with Crippen molar-refractivity contribution in [3.63, 3.8) is 0 Å². The van der Waals surface area contributed by atoms with Crippen molar-refractivity contribution < 1.29 is 9.32 Å². The van der Waals surface area contributed by atoms with Crippen LogP contribution in [0.15, 0.2) is 10.6 Å². The molecule has 1 aromatic heterocycles. The molecule has 6 nitrogen and oxygen atoms in total. The number of carbonyl (C=O) groups is 1. The molecule has 0 bridgehead atoms. The van der Waals surface area contributed by atoms with Crippen LogP contribution in [0.5, 0.6) is 0 Å². The summed E-state index contributed by atoms with van der Waals surface area (Å²) >= 11 is 0. The number of nitrogens with zero attached hydrogens (tertiary/aromatic N) is 2. The minimum Gasteiger partial charge on any atom is -0.360 e. The van der Waals surface area contributed by atoms with Crippen molar-refractivity contribution >= 4 is 11.8 Å². The molecule has 0 aliphatic heterocycles. The number of aromatic nitrogens is 1. The molecule has 0 saturated carbocycles. The number of hydrogen-bond donors (Lipinski definition) is 2. The monoisotopic (exact) mass is 254 g/mol. The van der Waals surface area contributed by atoms with Crippen LogP contribution < -0.4 is 10.6 Å². The van der Waals surface area contributed by atoms with E-state index in [0.717, 1.165) is 26.1 Å². The van der Waals surface area contributed by atoms with Crippen molar-refractivity contribution in [1.82, 2.24) is 15.4 Å². The largest absolute Gasteiger partial charge is 0.360 e. The first-order valence-corrected chi connectivity index (χ1v) is 6.36. The molecule has 0 fully saturated rings. The van der Waals surface area contributed by atoms with Gasteiger partial charge in [-0.1, -0.05) is 19.0 Å². The Morgan fingerprint density at radius 2 is 2.17 bits per heavy atom. The highest BCUT2D eigenvalue weighted by Crippen LogP contribution is 2.06. The minimum absolute atomic E-state index is 0.247. The van der Waals surface area contributed by atoms with Gasteiger partial charge in [0.05, 0.1) is 0 Å². The molecular formula is C12H22N4O2. The number of hydrogen-bond acceptors (Lipinski definition) is 4. The third-order valence-corrected chi connectivity index (χ3v) is 2.70. The zero-order chi connectivity index (χ0) is 13.4. The number of rotatable bonds is 7. The summed E-state index contributed by atoms with van der Waals surface area (Å²) in [5.74, 6) is 1.11. The number of aryl methyl sites for hydroxylation is 1. The van der Waals surface area contributed by atoms with Gasteiger partial charge in [0, 0.05) is 12.6 Å². The van der Waals surface area contributed by atoms with Crippen molar-refractivity contribution in [3.8, 4) is 0 Å². The Kier molecular flexibility index (Phi) is 6.21. The number of nitrogens with one attached hydrogen (secondary N) is 2. The molecular weight excluding hydrogens is 232 g/mol. The first-order chi connectivity index (χ1) is 8.65. The SMILES string of the molecule is CCN(CC)CCCNC(=O)Nc1cc(C)on1. The van der Waals surface area contributed by atoms with E-state index < -0.39 is 0 Å². The lowest BCUT2D eigenvalue weighted by atomic mass is 10.3. The maximum absolute atomic E-state index is 11.5. The van der Waals surface area contributed by atoms with Gasteiger partial charge >= 0.3 is 6.03 Å². The molecule has 102 valence electrons. The van der Waals surface area contributed by atoms with Crippen molar-refractivity contribution in [1.29, 1.82) is 0 Å². The molecule has 1 aromatic rings. The summed E-state index contributed by atoms with van der Waals surface area (Å²) in [5.41, 5.74) is 0. The Morgan fingerprint density at radius 1 is 1.44 bits per heavy atom. The van der Waals surface area contributed by atoms with Crippen LogP contribution in [0.25, 0.3) is 0 Å². The number of carbonyl (C=O) groups excluding carboxylic acids is 1. The van der Waals surface area contributed by atoms with E-state index in [1.807, 2.05) is 0 Å². The smallest absolute Gasteiger partial charge is 0.320 e. The van der Waals surface area contributed by atoms with Gasteiger partial charge in [0.2, 0.25) is 0 Å². The van der Waals surface area contributed by atoms with Crippen LogP contribution in [0.1, 0.15) is 26.0 Å². The van der Waals surface area contributed by atoms with Crippen molar-refractivity contribution in [2.75, 3.05) is 31.5 Å². The van der Waals surface area contributed by atoms with Gasteiger partial charge in [0.1, 0.15) is 5.76 Å². The number of amides is 2. The lowest BCUT2D eigenvalue weighted by Crippen LogP contribution is -2.32. The second kappa shape index (κ2) is 7.71. The highest BCUT2D eigenvalue weighted by molar-refractivity contribution is 5.88. The van der Waals surface area contributed by atoms with Gasteiger partial charge in [-0.2, -0.15) is 0 Å². The molecule has 2 N–H and O–H groups in total. The topological polar surface area (TPSA) is 70.4 Å². The van der Waals surface area contributed by atoms with Gasteiger partial charge in [0.15, 0.2) is 5.82 Å². The van der Waals surface area contributed by atoms with Crippen LogP contribution in [0, 0.1) is 6.92 Å². The first-order valence-electron chi connectivity index (χ1n) is 6.36. The Balaban J connectivity index is 2.14. The average molecular weight is 254 g/mol. The zero-order valence-electron chi connectivity index (χ0n) is 11.3. The van der Waals surface area contributed by atoms with E-state index in [9.17, 15) is 4.79 Å². The second-order valence-electron chi connectivity index (χ2n) is 4.08. The summed E-state index contributed by atoms with van der Waals surface area (Å²) in [4.78, 5) is 13.8. The van der Waals surface area contributed by atoms with Crippen LogP contribution in [0.3, 0.4) is 0 Å². The Morgan fingerprint density at radius 3 is 2.72 bits per heavy atom. The predicted molar refractivity (Wildman–Crippen MR) is 70.7 cm³/mol. The highest BCUT2D eigenvalue weighted by Gasteiger charge is 2.05. The van der Waals surface area contributed by atoms with Gasteiger partial charge in [0.25, 0.3) is 0 Å². The van der Waals surface area contributed by atoms with E-state index in [0.29, 0.717) is 18.1 Å². The lowest BCUT2D eigenvalue weighted by molar-refractivity contribution is 0.250. The lowest BCUT2D eigenvalue weighted by Gasteiger charge is -2.17. The fourth-order valence-corrected chi connectivity index (χ4v) is 1.63. The molecule has 0 saturated heterocycles.